The first-order valence-electron chi connectivity index (χ1n) is 22.0. The maximum Gasteiger partial charge on any atom is 0.416 e. The number of carbonyl (C=O) groups is 4. The van der Waals surface area contributed by atoms with Gasteiger partial charge in [-0.3, -0.25) is 19.6 Å². The lowest BCUT2D eigenvalue weighted by atomic mass is 10.1. The van der Waals surface area contributed by atoms with Crippen LogP contribution in [0.15, 0.2) is 58.5 Å². The van der Waals surface area contributed by atoms with Crippen LogP contribution in [-0.4, -0.2) is 61.1 Å². The Hall–Kier alpha value is -7.14. The van der Waals surface area contributed by atoms with Crippen LogP contribution in [0.2, 0.25) is 0 Å². The maximum atomic E-state index is 14.2. The van der Waals surface area contributed by atoms with E-state index in [1.165, 1.54) is 24.3 Å². The van der Waals surface area contributed by atoms with Gasteiger partial charge in [-0.1, -0.05) is 0 Å². The number of alkyl halides is 6. The molecular weight excluding hydrogens is 907 g/mol. The standard InChI is InChI=1S/C44H56F6N12O6/c45-43(46,47)25-21-31(59-35(63)13-5-7-19-55-39(51)52)37(67-29-9-1-2-10-29)33(23-25)61-41(65)57-27-15-17-28(18-16-27)58-42(66)62-34-24-26(44(48,49)50)22-32(38(34)68-30-11-3-4-12-30)60-36(64)14-6-8-20-56-40(53)54/h15-18,21-24,29-30H,1-14,19-20H2,(H,59,63)(H,60,64)(H4,51,52,55)(H4,53,54,56)(H2,57,61,65)(H2,58,62,66). The first kappa shape index (κ1) is 51.8. The maximum absolute atomic E-state index is 14.2. The van der Waals surface area contributed by atoms with Gasteiger partial charge in [0.05, 0.1) is 46.1 Å². The van der Waals surface area contributed by atoms with Gasteiger partial charge in [-0.05, 0) is 126 Å². The van der Waals surface area contributed by atoms with Crippen molar-refractivity contribution in [1.82, 2.24) is 0 Å². The second-order valence-electron chi connectivity index (χ2n) is 16.2. The summed E-state index contributed by atoms with van der Waals surface area (Å²) in [5.74, 6) is -1.77. The molecular formula is C44H56F6N12O6. The van der Waals surface area contributed by atoms with Crippen LogP contribution in [0.25, 0.3) is 0 Å². The third-order valence-corrected chi connectivity index (χ3v) is 10.7. The summed E-state index contributed by atoms with van der Waals surface area (Å²) in [5.41, 5.74) is 17.9. The summed E-state index contributed by atoms with van der Waals surface area (Å²) in [6.45, 7) is 0.507. The Balaban J connectivity index is 1.30. The molecule has 2 aliphatic carbocycles. The zero-order valence-electron chi connectivity index (χ0n) is 37.0. The van der Waals surface area contributed by atoms with Crippen LogP contribution >= 0.6 is 0 Å². The van der Waals surface area contributed by atoms with Crippen molar-refractivity contribution in [3.05, 3.63) is 59.7 Å². The molecule has 24 heteroatoms. The normalized spacial score (nSPS) is 14.1. The molecule has 3 aromatic carbocycles. The van der Waals surface area contributed by atoms with Crippen LogP contribution in [-0.2, 0) is 21.9 Å². The van der Waals surface area contributed by atoms with Gasteiger partial charge >= 0.3 is 24.4 Å². The van der Waals surface area contributed by atoms with E-state index < -0.39 is 59.6 Å². The molecule has 2 fully saturated rings. The van der Waals surface area contributed by atoms with E-state index in [1.54, 1.807) is 0 Å². The van der Waals surface area contributed by atoms with Gasteiger partial charge in [-0.25, -0.2) is 9.59 Å². The Morgan fingerprint density at radius 1 is 0.515 bits per heavy atom. The van der Waals surface area contributed by atoms with Crippen LogP contribution in [0, 0.1) is 0 Å². The summed E-state index contributed by atoms with van der Waals surface area (Å²) in [6.07, 6.45) is -3.52. The Morgan fingerprint density at radius 2 is 0.838 bits per heavy atom. The van der Waals surface area contributed by atoms with Crippen molar-refractivity contribution in [3.8, 4) is 11.5 Å². The number of nitrogens with one attached hydrogen (secondary N) is 6. The molecule has 68 heavy (non-hydrogen) atoms. The van der Waals surface area contributed by atoms with E-state index in [0.717, 1.165) is 37.8 Å². The number of nitrogens with two attached hydrogens (primary N) is 4. The summed E-state index contributed by atoms with van der Waals surface area (Å²) in [5, 5.41) is 14.8. The van der Waals surface area contributed by atoms with Crippen molar-refractivity contribution in [2.45, 2.75) is 114 Å². The number of hydrogen-bond donors (Lipinski definition) is 10. The molecule has 0 aromatic heterocycles. The minimum absolute atomic E-state index is 0.0678. The molecule has 2 aliphatic rings. The smallest absolute Gasteiger partial charge is 0.416 e. The molecule has 5 rings (SSSR count). The second kappa shape index (κ2) is 24.1. The third kappa shape index (κ3) is 16.6. The molecule has 2 saturated carbocycles. The van der Waals surface area contributed by atoms with Gasteiger partial charge in [0.15, 0.2) is 23.4 Å². The monoisotopic (exact) mass is 962 g/mol. The zero-order valence-corrected chi connectivity index (χ0v) is 37.0. The summed E-state index contributed by atoms with van der Waals surface area (Å²) in [7, 11) is 0. The average molecular weight is 963 g/mol. The van der Waals surface area contributed by atoms with Crippen molar-refractivity contribution >= 4 is 69.9 Å². The molecule has 0 spiro atoms. The van der Waals surface area contributed by atoms with Crippen molar-refractivity contribution in [2.75, 3.05) is 45.0 Å². The first-order chi connectivity index (χ1) is 32.2. The lowest BCUT2D eigenvalue weighted by molar-refractivity contribution is -0.138. The number of aliphatic imine (C=N–C) groups is 2. The number of unbranched alkanes of at least 4 members (excludes halogenated alkanes) is 2. The Kier molecular flexibility index (Phi) is 18.3. The number of carbonyl (C=O) groups excluding carboxylic acids is 4. The third-order valence-electron chi connectivity index (χ3n) is 10.7. The SMILES string of the molecule is NC(N)=NCCCCC(=O)Nc1cc(C(F)(F)F)cc(NC(=O)Nc2ccc(NC(=O)Nc3cc(C(F)(F)F)cc(NC(=O)CCCCN=C(N)N)c3OC3CCCC3)cc2)c1OC1CCCC1. The quantitative estimate of drug-likeness (QED) is 0.0223. The molecule has 14 N–H and O–H groups in total. The molecule has 0 atom stereocenters. The molecule has 0 saturated heterocycles. The lowest BCUT2D eigenvalue weighted by Gasteiger charge is -2.23. The van der Waals surface area contributed by atoms with Crippen molar-refractivity contribution in [3.63, 3.8) is 0 Å². The van der Waals surface area contributed by atoms with E-state index in [1.807, 2.05) is 0 Å². The average Bonchev–Trinajstić information content (AvgIpc) is 3.97. The largest absolute Gasteiger partial charge is 0.486 e. The van der Waals surface area contributed by atoms with Crippen molar-refractivity contribution in [1.29, 1.82) is 0 Å². The highest BCUT2D eigenvalue weighted by Gasteiger charge is 2.35. The lowest BCUT2D eigenvalue weighted by Crippen LogP contribution is -2.23. The Labute approximate surface area is 387 Å². The summed E-state index contributed by atoms with van der Waals surface area (Å²) in [6, 6.07) is 6.30. The molecule has 0 heterocycles. The van der Waals surface area contributed by atoms with Crippen LogP contribution < -0.4 is 64.3 Å². The van der Waals surface area contributed by atoms with Gasteiger partial charge in [0.1, 0.15) is 0 Å². The number of anilines is 6. The first-order valence-corrected chi connectivity index (χ1v) is 22.0. The zero-order chi connectivity index (χ0) is 49.4. The minimum atomic E-state index is -4.88. The highest BCUT2D eigenvalue weighted by molar-refractivity contribution is 6.04. The van der Waals surface area contributed by atoms with Gasteiger partial charge in [0, 0.05) is 37.3 Å². The van der Waals surface area contributed by atoms with E-state index in [-0.39, 0.29) is 83.5 Å². The van der Waals surface area contributed by atoms with E-state index in [0.29, 0.717) is 63.5 Å². The fourth-order valence-electron chi connectivity index (χ4n) is 7.40. The number of nitrogens with zero attached hydrogens (tertiary/aromatic N) is 2. The number of guanidine groups is 2. The summed E-state index contributed by atoms with van der Waals surface area (Å²) >= 11 is 0. The Morgan fingerprint density at radius 3 is 1.15 bits per heavy atom. The van der Waals surface area contributed by atoms with Crippen LogP contribution in [0.5, 0.6) is 11.5 Å². The van der Waals surface area contributed by atoms with Crippen LogP contribution in [0.1, 0.15) is 101 Å². The number of ether oxygens (including phenoxy) is 2. The van der Waals surface area contributed by atoms with E-state index in [2.05, 4.69) is 41.9 Å². The molecule has 3 aromatic rings. The van der Waals surface area contributed by atoms with Crippen molar-refractivity contribution < 1.29 is 55.0 Å². The highest BCUT2D eigenvalue weighted by Crippen LogP contribution is 2.44. The van der Waals surface area contributed by atoms with Crippen LogP contribution in [0.3, 0.4) is 0 Å². The number of halogens is 6. The van der Waals surface area contributed by atoms with Crippen LogP contribution in [0.4, 0.5) is 70.1 Å². The number of benzene rings is 3. The van der Waals surface area contributed by atoms with Gasteiger partial charge < -0.3 is 64.3 Å². The van der Waals surface area contributed by atoms with Gasteiger partial charge in [0.25, 0.3) is 0 Å². The minimum Gasteiger partial charge on any atom is -0.486 e. The summed E-state index contributed by atoms with van der Waals surface area (Å²) in [4.78, 5) is 60.2. The number of hydrogen-bond acceptors (Lipinski definition) is 8. The molecule has 0 radical (unpaired) electrons. The molecule has 370 valence electrons. The predicted molar refractivity (Wildman–Crippen MR) is 247 cm³/mol. The second-order valence-corrected chi connectivity index (χ2v) is 16.2. The Bertz CT molecular complexity index is 2130. The molecule has 6 amide bonds. The molecule has 0 aliphatic heterocycles. The van der Waals surface area contributed by atoms with E-state index in [4.69, 9.17) is 32.4 Å². The number of urea groups is 2. The van der Waals surface area contributed by atoms with E-state index >= 15 is 0 Å². The van der Waals surface area contributed by atoms with Gasteiger partial charge in [-0.15, -0.1) is 0 Å². The van der Waals surface area contributed by atoms with Gasteiger partial charge in [0.2, 0.25) is 11.8 Å². The fraction of sp³-hybridized carbons (Fsp3) is 0.455. The highest BCUT2D eigenvalue weighted by atomic mass is 19.4. The fourth-order valence-corrected chi connectivity index (χ4v) is 7.40. The molecule has 0 unspecified atom stereocenters. The van der Waals surface area contributed by atoms with E-state index in [9.17, 15) is 45.5 Å². The summed E-state index contributed by atoms with van der Waals surface area (Å²) < 4.78 is 97.4. The number of amides is 6. The predicted octanol–water partition coefficient (Wildman–Crippen LogP) is 8.42. The van der Waals surface area contributed by atoms with Gasteiger partial charge in [-0.2, -0.15) is 26.3 Å². The molecule has 18 nitrogen and oxygen atoms in total. The van der Waals surface area contributed by atoms with Crippen molar-refractivity contribution in [2.24, 2.45) is 32.9 Å². The topological polar surface area (TPSA) is 288 Å². The molecule has 0 bridgehead atoms. The number of rotatable bonds is 20.